The van der Waals surface area contributed by atoms with Crippen molar-refractivity contribution in [1.82, 2.24) is 10.9 Å². The number of hydrogen-bond acceptors (Lipinski definition) is 4. The topological polar surface area (TPSA) is 76.7 Å². The van der Waals surface area contributed by atoms with E-state index in [0.717, 1.165) is 24.3 Å². The zero-order valence-electron chi connectivity index (χ0n) is 12.1. The largest absolute Gasteiger partial charge is 0.497 e. The molecule has 0 aromatic heterocycles. The molecule has 0 radical (unpaired) electrons. The van der Waals surface area contributed by atoms with Gasteiger partial charge in [-0.3, -0.25) is 20.4 Å². The summed E-state index contributed by atoms with van der Waals surface area (Å²) >= 11 is 0. The highest BCUT2D eigenvalue weighted by molar-refractivity contribution is 5.84. The van der Waals surface area contributed by atoms with Crippen LogP contribution in [0.1, 0.15) is 25.7 Å². The molecule has 0 bridgehead atoms. The van der Waals surface area contributed by atoms with E-state index in [-0.39, 0.29) is 17.7 Å². The molecule has 0 unspecified atom stereocenters. The van der Waals surface area contributed by atoms with Crippen LogP contribution < -0.4 is 20.3 Å². The second-order valence-electron chi connectivity index (χ2n) is 4.94. The number of carbonyl (C=O) groups is 2. The van der Waals surface area contributed by atoms with Crippen molar-refractivity contribution in [2.24, 2.45) is 5.92 Å². The average Bonchev–Trinajstić information content (AvgIpc) is 3.34. The fourth-order valence-corrected chi connectivity index (χ4v) is 1.74. The molecule has 6 nitrogen and oxygen atoms in total. The lowest BCUT2D eigenvalue weighted by Crippen LogP contribution is -2.42. The van der Waals surface area contributed by atoms with Crippen molar-refractivity contribution in [2.45, 2.75) is 25.7 Å². The van der Waals surface area contributed by atoms with E-state index in [0.29, 0.717) is 19.4 Å². The molecule has 114 valence electrons. The van der Waals surface area contributed by atoms with E-state index in [1.54, 1.807) is 7.11 Å². The number of methoxy groups -OCH3 is 1. The summed E-state index contributed by atoms with van der Waals surface area (Å²) in [6.07, 6.45) is 2.72. The number of rotatable bonds is 7. The molecule has 21 heavy (non-hydrogen) atoms. The molecular formula is C15H20N2O4. The van der Waals surface area contributed by atoms with E-state index in [4.69, 9.17) is 9.47 Å². The van der Waals surface area contributed by atoms with Gasteiger partial charge in [0.2, 0.25) is 11.8 Å². The number of amides is 2. The van der Waals surface area contributed by atoms with Crippen molar-refractivity contribution >= 4 is 11.8 Å². The fraction of sp³-hybridized carbons (Fsp3) is 0.467. The van der Waals surface area contributed by atoms with Gasteiger partial charge in [-0.25, -0.2) is 0 Å². The first-order valence-electron chi connectivity index (χ1n) is 7.04. The number of hydrazine groups is 1. The maximum absolute atomic E-state index is 11.5. The molecule has 1 aromatic rings. The Morgan fingerprint density at radius 3 is 2.43 bits per heavy atom. The highest BCUT2D eigenvalue weighted by Gasteiger charge is 2.29. The Morgan fingerprint density at radius 2 is 1.81 bits per heavy atom. The molecule has 2 N–H and O–H groups in total. The minimum absolute atomic E-state index is 0.0868. The first-order valence-corrected chi connectivity index (χ1v) is 7.04. The highest BCUT2D eigenvalue weighted by atomic mass is 16.5. The van der Waals surface area contributed by atoms with E-state index in [2.05, 4.69) is 10.9 Å². The monoisotopic (exact) mass is 292 g/mol. The van der Waals surface area contributed by atoms with Gasteiger partial charge >= 0.3 is 0 Å². The molecule has 1 fully saturated rings. The summed E-state index contributed by atoms with van der Waals surface area (Å²) in [6, 6.07) is 7.26. The molecule has 0 saturated heterocycles. The van der Waals surface area contributed by atoms with E-state index >= 15 is 0 Å². The molecule has 1 aromatic carbocycles. The quantitative estimate of drug-likeness (QED) is 0.588. The predicted molar refractivity (Wildman–Crippen MR) is 76.7 cm³/mol. The van der Waals surface area contributed by atoms with Gasteiger partial charge in [-0.05, 0) is 43.5 Å². The van der Waals surface area contributed by atoms with Crippen LogP contribution in [0.5, 0.6) is 11.5 Å². The molecule has 2 amide bonds. The number of ether oxygens (including phenoxy) is 2. The van der Waals surface area contributed by atoms with Crippen LogP contribution in [0, 0.1) is 5.92 Å². The standard InChI is InChI=1S/C15H20N2O4/c1-20-12-6-8-13(9-7-12)21-10-2-3-14(18)16-17-15(19)11-4-5-11/h6-9,11H,2-5,10H2,1H3,(H,16,18)(H,17,19). The summed E-state index contributed by atoms with van der Waals surface area (Å²) in [5.41, 5.74) is 4.83. The summed E-state index contributed by atoms with van der Waals surface area (Å²) in [6.45, 7) is 0.441. The summed E-state index contributed by atoms with van der Waals surface area (Å²) in [5, 5.41) is 0. The molecule has 0 spiro atoms. The van der Waals surface area contributed by atoms with Crippen LogP contribution >= 0.6 is 0 Å². The minimum Gasteiger partial charge on any atom is -0.497 e. The van der Waals surface area contributed by atoms with Gasteiger partial charge in [0.05, 0.1) is 13.7 Å². The van der Waals surface area contributed by atoms with Gasteiger partial charge in [0.15, 0.2) is 0 Å². The summed E-state index contributed by atoms with van der Waals surface area (Å²) in [4.78, 5) is 22.8. The second-order valence-corrected chi connectivity index (χ2v) is 4.94. The zero-order valence-corrected chi connectivity index (χ0v) is 12.1. The van der Waals surface area contributed by atoms with Crippen molar-refractivity contribution in [3.05, 3.63) is 24.3 Å². The normalized spacial score (nSPS) is 13.4. The van der Waals surface area contributed by atoms with Crippen molar-refractivity contribution in [3.8, 4) is 11.5 Å². The van der Waals surface area contributed by atoms with Crippen LogP contribution in [0.25, 0.3) is 0 Å². The third-order valence-electron chi connectivity index (χ3n) is 3.15. The Labute approximate surface area is 123 Å². The van der Waals surface area contributed by atoms with Gasteiger partial charge in [0, 0.05) is 12.3 Å². The SMILES string of the molecule is COc1ccc(OCCCC(=O)NNC(=O)C2CC2)cc1. The van der Waals surface area contributed by atoms with E-state index in [1.807, 2.05) is 24.3 Å². The summed E-state index contributed by atoms with van der Waals surface area (Å²) in [5.74, 6) is 1.29. The van der Waals surface area contributed by atoms with Crippen LogP contribution in [-0.4, -0.2) is 25.5 Å². The summed E-state index contributed by atoms with van der Waals surface area (Å²) in [7, 11) is 1.61. The Morgan fingerprint density at radius 1 is 1.14 bits per heavy atom. The molecule has 0 heterocycles. The van der Waals surface area contributed by atoms with Crippen molar-refractivity contribution in [1.29, 1.82) is 0 Å². The van der Waals surface area contributed by atoms with E-state index < -0.39 is 0 Å². The van der Waals surface area contributed by atoms with E-state index in [1.165, 1.54) is 0 Å². The van der Waals surface area contributed by atoms with Crippen molar-refractivity contribution < 1.29 is 19.1 Å². The predicted octanol–water partition coefficient (Wildman–Crippen LogP) is 1.41. The molecule has 1 saturated carbocycles. The van der Waals surface area contributed by atoms with Gasteiger partial charge in [0.1, 0.15) is 11.5 Å². The van der Waals surface area contributed by atoms with Gasteiger partial charge in [-0.15, -0.1) is 0 Å². The number of carbonyl (C=O) groups excluding carboxylic acids is 2. The zero-order chi connectivity index (χ0) is 15.1. The average molecular weight is 292 g/mol. The van der Waals surface area contributed by atoms with Crippen LogP contribution in [0.2, 0.25) is 0 Å². The fourth-order valence-electron chi connectivity index (χ4n) is 1.74. The molecule has 1 aliphatic rings. The lowest BCUT2D eigenvalue weighted by molar-refractivity contribution is -0.129. The van der Waals surface area contributed by atoms with Crippen LogP contribution in [0.3, 0.4) is 0 Å². The Balaban J connectivity index is 1.55. The maximum atomic E-state index is 11.5. The number of nitrogens with one attached hydrogen (secondary N) is 2. The molecule has 1 aliphatic carbocycles. The lowest BCUT2D eigenvalue weighted by atomic mass is 10.3. The molecule has 0 aliphatic heterocycles. The molecular weight excluding hydrogens is 272 g/mol. The molecule has 2 rings (SSSR count). The van der Waals surface area contributed by atoms with Gasteiger partial charge in [-0.1, -0.05) is 0 Å². The van der Waals surface area contributed by atoms with Crippen LogP contribution in [0.4, 0.5) is 0 Å². The maximum Gasteiger partial charge on any atom is 0.241 e. The van der Waals surface area contributed by atoms with Gasteiger partial charge in [0.25, 0.3) is 0 Å². The van der Waals surface area contributed by atoms with E-state index in [9.17, 15) is 9.59 Å². The minimum atomic E-state index is -0.206. The third-order valence-corrected chi connectivity index (χ3v) is 3.15. The Bertz CT molecular complexity index is 483. The van der Waals surface area contributed by atoms with Crippen LogP contribution in [-0.2, 0) is 9.59 Å². The Hall–Kier alpha value is -2.24. The number of hydrogen-bond donors (Lipinski definition) is 2. The number of benzene rings is 1. The third kappa shape index (κ3) is 5.33. The molecule has 0 atom stereocenters. The lowest BCUT2D eigenvalue weighted by Gasteiger charge is -2.08. The van der Waals surface area contributed by atoms with Crippen LogP contribution in [0.15, 0.2) is 24.3 Å². The first kappa shape index (κ1) is 15.2. The highest BCUT2D eigenvalue weighted by Crippen LogP contribution is 2.28. The van der Waals surface area contributed by atoms with Crippen molar-refractivity contribution in [2.75, 3.05) is 13.7 Å². The summed E-state index contributed by atoms with van der Waals surface area (Å²) < 4.78 is 10.6. The first-order chi connectivity index (χ1) is 10.2. The van der Waals surface area contributed by atoms with Gasteiger partial charge in [-0.2, -0.15) is 0 Å². The van der Waals surface area contributed by atoms with Crippen molar-refractivity contribution in [3.63, 3.8) is 0 Å². The Kier molecular flexibility index (Phi) is 5.43. The second kappa shape index (κ2) is 7.52. The molecule has 6 heteroatoms. The smallest absolute Gasteiger partial charge is 0.241 e. The van der Waals surface area contributed by atoms with Gasteiger partial charge < -0.3 is 9.47 Å².